The molecule has 4 atom stereocenters. The van der Waals surface area contributed by atoms with Crippen LogP contribution in [0.3, 0.4) is 0 Å². The van der Waals surface area contributed by atoms with Crippen molar-refractivity contribution in [3.05, 3.63) is 58.6 Å². The Hall–Kier alpha value is -3.42. The predicted octanol–water partition coefficient (Wildman–Crippen LogP) is 3.52. The van der Waals surface area contributed by atoms with Gasteiger partial charge in [-0.1, -0.05) is 24.2 Å². The first kappa shape index (κ1) is 20.5. The van der Waals surface area contributed by atoms with Crippen LogP contribution in [0, 0.1) is 18.8 Å². The van der Waals surface area contributed by atoms with Crippen molar-refractivity contribution in [3.8, 4) is 0 Å². The first-order chi connectivity index (χ1) is 15.4. The zero-order valence-electron chi connectivity index (χ0n) is 18.2. The van der Waals surface area contributed by atoms with Crippen LogP contribution in [0.25, 0.3) is 0 Å². The fraction of sp³-hybridized carbons (Fsp3) is 0.417. The minimum atomic E-state index is -0.709. The number of rotatable bonds is 3. The lowest BCUT2D eigenvalue weighted by atomic mass is 9.74. The Bertz CT molecular complexity index is 1130. The van der Waals surface area contributed by atoms with Crippen LogP contribution in [-0.2, 0) is 19.1 Å². The van der Waals surface area contributed by atoms with Crippen molar-refractivity contribution in [2.24, 2.45) is 11.8 Å². The molecular weight excluding hydrogens is 412 g/mol. The van der Waals surface area contributed by atoms with E-state index in [1.807, 2.05) is 0 Å². The van der Waals surface area contributed by atoms with E-state index in [1.54, 1.807) is 37.3 Å². The molecule has 166 valence electrons. The average Bonchev–Trinajstić information content (AvgIpc) is 3.35. The Morgan fingerprint density at radius 1 is 1.19 bits per heavy atom. The number of aryl methyl sites for hydroxylation is 1. The van der Waals surface area contributed by atoms with Crippen molar-refractivity contribution in [1.29, 1.82) is 0 Å². The Morgan fingerprint density at radius 2 is 1.94 bits per heavy atom. The fourth-order valence-corrected chi connectivity index (χ4v) is 5.01. The number of carbonyl (C=O) groups excluding carboxylic acids is 3. The van der Waals surface area contributed by atoms with E-state index >= 15 is 0 Å². The number of ketones is 1. The molecule has 3 aliphatic rings. The van der Waals surface area contributed by atoms with E-state index in [9.17, 15) is 14.4 Å². The zero-order chi connectivity index (χ0) is 22.6. The molecule has 3 heterocycles. The monoisotopic (exact) mass is 436 g/mol. The highest BCUT2D eigenvalue weighted by Gasteiger charge is 2.53. The van der Waals surface area contributed by atoms with Crippen molar-refractivity contribution >= 4 is 23.5 Å². The fourth-order valence-electron chi connectivity index (χ4n) is 5.01. The summed E-state index contributed by atoms with van der Waals surface area (Å²) in [5, 5.41) is 4.03. The molecule has 1 fully saturated rings. The van der Waals surface area contributed by atoms with E-state index in [1.165, 1.54) is 12.0 Å². The van der Waals surface area contributed by atoms with Crippen LogP contribution < -0.4 is 4.90 Å². The number of carbonyl (C=O) groups is 3. The summed E-state index contributed by atoms with van der Waals surface area (Å²) < 4.78 is 16.2. The van der Waals surface area contributed by atoms with Gasteiger partial charge in [0.25, 0.3) is 5.91 Å². The molecule has 1 saturated carbocycles. The molecule has 5 rings (SSSR count). The van der Waals surface area contributed by atoms with Crippen LogP contribution in [0.2, 0.25) is 0 Å². The van der Waals surface area contributed by atoms with E-state index < -0.39 is 17.9 Å². The van der Waals surface area contributed by atoms with Crippen LogP contribution in [0.5, 0.6) is 0 Å². The summed E-state index contributed by atoms with van der Waals surface area (Å²) in [4.78, 5) is 40.5. The molecule has 1 aliphatic carbocycles. The van der Waals surface area contributed by atoms with Crippen LogP contribution in [0.4, 0.5) is 5.82 Å². The zero-order valence-corrected chi connectivity index (χ0v) is 18.2. The number of hydrogen-bond donors (Lipinski definition) is 0. The number of amides is 1. The highest BCUT2D eigenvalue weighted by atomic mass is 16.5. The number of methoxy groups -OCH3 is 1. The van der Waals surface area contributed by atoms with Gasteiger partial charge in [-0.05, 0) is 49.8 Å². The molecule has 0 saturated heterocycles. The maximum absolute atomic E-state index is 13.7. The summed E-state index contributed by atoms with van der Waals surface area (Å²) in [6.07, 6.45) is 2.19. The van der Waals surface area contributed by atoms with Crippen molar-refractivity contribution in [1.82, 2.24) is 5.16 Å². The lowest BCUT2D eigenvalue weighted by molar-refractivity contribution is -0.132. The highest BCUT2D eigenvalue weighted by Crippen LogP contribution is 2.48. The van der Waals surface area contributed by atoms with E-state index in [0.717, 1.165) is 19.3 Å². The van der Waals surface area contributed by atoms with Crippen molar-refractivity contribution in [2.45, 2.75) is 45.3 Å². The first-order valence-corrected chi connectivity index (χ1v) is 10.8. The van der Waals surface area contributed by atoms with E-state index in [2.05, 4.69) is 12.1 Å². The summed E-state index contributed by atoms with van der Waals surface area (Å²) in [5.41, 5.74) is 1.42. The second kappa shape index (κ2) is 7.62. The molecule has 2 aromatic rings. The average molecular weight is 436 g/mol. The van der Waals surface area contributed by atoms with E-state index in [0.29, 0.717) is 34.2 Å². The van der Waals surface area contributed by atoms with Gasteiger partial charge in [0.05, 0.1) is 30.2 Å². The molecule has 0 N–H and O–H groups in total. The minimum absolute atomic E-state index is 0.0408. The number of fused-ring (bicyclic) bond motifs is 1. The largest absolute Gasteiger partial charge is 0.483 e. The first-order valence-electron chi connectivity index (χ1n) is 10.8. The molecule has 32 heavy (non-hydrogen) atoms. The topological polar surface area (TPSA) is 98.9 Å². The normalized spacial score (nSPS) is 27.2. The van der Waals surface area contributed by atoms with E-state index in [4.69, 9.17) is 14.0 Å². The van der Waals surface area contributed by atoms with Gasteiger partial charge in [0, 0.05) is 6.07 Å². The lowest BCUT2D eigenvalue weighted by Crippen LogP contribution is -2.41. The Morgan fingerprint density at radius 3 is 2.59 bits per heavy atom. The number of anilines is 1. The van der Waals surface area contributed by atoms with Crippen molar-refractivity contribution in [2.75, 3.05) is 12.0 Å². The molecule has 2 aliphatic heterocycles. The Kier molecular flexibility index (Phi) is 4.87. The summed E-state index contributed by atoms with van der Waals surface area (Å²) in [6.45, 7) is 3.88. The third-order valence-corrected chi connectivity index (χ3v) is 6.62. The third-order valence-electron chi connectivity index (χ3n) is 6.62. The van der Waals surface area contributed by atoms with Gasteiger partial charge in [-0.2, -0.15) is 0 Å². The predicted molar refractivity (Wildman–Crippen MR) is 113 cm³/mol. The van der Waals surface area contributed by atoms with Gasteiger partial charge in [0.1, 0.15) is 11.9 Å². The van der Waals surface area contributed by atoms with Gasteiger partial charge in [-0.15, -0.1) is 0 Å². The summed E-state index contributed by atoms with van der Waals surface area (Å²) >= 11 is 0. The van der Waals surface area contributed by atoms with Gasteiger partial charge < -0.3 is 14.0 Å². The van der Waals surface area contributed by atoms with Gasteiger partial charge >= 0.3 is 5.97 Å². The Labute approximate surface area is 185 Å². The SMILES string of the molecule is COC(=O)c1ccc(C2C3=C(OC4CCC(C)CC4C3=O)C(=O)N2c2cc(C)on2)cc1. The molecule has 4 unspecified atom stereocenters. The maximum atomic E-state index is 13.7. The number of nitrogens with zero attached hydrogens (tertiary/aromatic N) is 2. The quantitative estimate of drug-likeness (QED) is 0.679. The van der Waals surface area contributed by atoms with Gasteiger partial charge in [-0.3, -0.25) is 14.5 Å². The number of esters is 1. The summed E-state index contributed by atoms with van der Waals surface area (Å²) in [7, 11) is 1.32. The molecule has 0 radical (unpaired) electrons. The summed E-state index contributed by atoms with van der Waals surface area (Å²) in [6, 6.07) is 7.64. The van der Waals surface area contributed by atoms with E-state index in [-0.39, 0.29) is 23.6 Å². The number of aromatic nitrogens is 1. The molecule has 1 aromatic carbocycles. The molecule has 1 amide bonds. The number of benzene rings is 1. The molecule has 0 bridgehead atoms. The molecule has 8 heteroatoms. The number of hydrogen-bond acceptors (Lipinski definition) is 7. The molecule has 1 aromatic heterocycles. The Balaban J connectivity index is 1.61. The molecule has 0 spiro atoms. The van der Waals surface area contributed by atoms with Crippen molar-refractivity contribution in [3.63, 3.8) is 0 Å². The van der Waals surface area contributed by atoms with Crippen molar-refractivity contribution < 1.29 is 28.4 Å². The van der Waals surface area contributed by atoms with Gasteiger partial charge in [-0.25, -0.2) is 4.79 Å². The van der Waals surface area contributed by atoms with Gasteiger partial charge in [0.15, 0.2) is 17.4 Å². The van der Waals surface area contributed by atoms with Crippen LogP contribution in [-0.4, -0.2) is 36.0 Å². The second-order valence-corrected chi connectivity index (χ2v) is 8.78. The lowest BCUT2D eigenvalue weighted by Gasteiger charge is -2.37. The second-order valence-electron chi connectivity index (χ2n) is 8.78. The molecular formula is C24H24N2O6. The highest BCUT2D eigenvalue weighted by molar-refractivity contribution is 6.17. The number of ether oxygens (including phenoxy) is 2. The molecule has 8 nitrogen and oxygen atoms in total. The minimum Gasteiger partial charge on any atom is -0.483 e. The number of Topliss-reactive ketones (excluding diaryl/α,β-unsaturated/α-hetero) is 1. The smallest absolute Gasteiger partial charge is 0.337 e. The van der Waals surface area contributed by atoms with Crippen LogP contribution in [0.15, 0.2) is 46.2 Å². The third kappa shape index (κ3) is 3.13. The van der Waals surface area contributed by atoms with Crippen LogP contribution >= 0.6 is 0 Å². The summed E-state index contributed by atoms with van der Waals surface area (Å²) in [5.74, 6) is 0.231. The van der Waals surface area contributed by atoms with Crippen LogP contribution in [0.1, 0.15) is 53.9 Å². The van der Waals surface area contributed by atoms with Gasteiger partial charge in [0.2, 0.25) is 0 Å². The standard InChI is InChI=1S/C24H24N2O6/c1-12-4-9-17-16(10-12)21(27)19-20(14-5-7-15(8-6-14)24(29)30-3)26(23(28)22(19)31-17)18-11-13(2)32-25-18/h5-8,11-12,16-17,20H,4,9-10H2,1-3H3. The maximum Gasteiger partial charge on any atom is 0.337 e.